The Kier molecular flexibility index (Phi) is 48.7. The third-order valence-corrected chi connectivity index (χ3v) is 4.83. The van der Waals surface area contributed by atoms with E-state index in [1.807, 2.05) is 0 Å². The quantitative estimate of drug-likeness (QED) is 0.385. The van der Waals surface area contributed by atoms with Crippen LogP contribution in [-0.2, 0) is 131 Å². The Morgan fingerprint density at radius 3 is 1.24 bits per heavy atom. The van der Waals surface area contributed by atoms with Crippen molar-refractivity contribution in [1.29, 1.82) is 0 Å². The molecule has 2 fully saturated rings. The molecule has 2 heterocycles. The summed E-state index contributed by atoms with van der Waals surface area (Å²) in [5.74, 6) is 0. The molecule has 2 rings (SSSR count). The molecule has 0 amide bonds. The number of nitrogens with zero attached hydrogens (tertiary/aromatic N) is 3. The fourth-order valence-corrected chi connectivity index (χ4v) is 2.95. The molecule has 166 valence electrons. The van der Waals surface area contributed by atoms with Crippen LogP contribution >= 0.6 is 0 Å². The summed E-state index contributed by atoms with van der Waals surface area (Å²) in [4.78, 5) is 6.88. The molecular weight excluding hydrogens is 662 g/mol. The summed E-state index contributed by atoms with van der Waals surface area (Å²) in [5, 5.41) is 0. The summed E-state index contributed by atoms with van der Waals surface area (Å²) in [6, 6.07) is 0. The molecule has 0 saturated carbocycles. The first-order valence-electron chi connectivity index (χ1n) is 9.96. The van der Waals surface area contributed by atoms with Gasteiger partial charge in [0.15, 0.2) is 0 Å². The van der Waals surface area contributed by atoms with E-state index in [-0.39, 0.29) is 138 Å². The maximum Gasteiger partial charge on any atom is 0.0125 e. The van der Waals surface area contributed by atoms with Crippen molar-refractivity contribution in [3.8, 4) is 0 Å². The third-order valence-electron chi connectivity index (χ3n) is 4.83. The van der Waals surface area contributed by atoms with Crippen molar-refractivity contribution < 1.29 is 131 Å². The molecule has 2 aliphatic rings. The van der Waals surface area contributed by atoms with E-state index in [9.17, 15) is 0 Å². The van der Waals surface area contributed by atoms with Gasteiger partial charge in [-0.3, -0.25) is 11.9 Å². The Morgan fingerprint density at radius 2 is 1.07 bits per heavy atom. The summed E-state index contributed by atoms with van der Waals surface area (Å²) in [5.41, 5.74) is 0.403. The summed E-state index contributed by atoms with van der Waals surface area (Å²) in [6.07, 6.45) is 8.54. The summed E-state index contributed by atoms with van der Waals surface area (Å²) >= 11 is 0. The minimum atomic E-state index is 0. The molecule has 0 aromatic heterocycles. The van der Waals surface area contributed by atoms with E-state index >= 15 is 0 Å². The van der Waals surface area contributed by atoms with E-state index < -0.39 is 0 Å². The zero-order valence-corrected chi connectivity index (χ0v) is 31.8. The van der Waals surface area contributed by atoms with E-state index in [4.69, 9.17) is 0 Å². The van der Waals surface area contributed by atoms with Crippen molar-refractivity contribution >= 4 is 0 Å². The van der Waals surface area contributed by atoms with Crippen molar-refractivity contribution in [1.82, 2.24) is 14.7 Å². The molecule has 3 nitrogen and oxygen atoms in total. The molecule has 2 saturated heterocycles. The minimum absolute atomic E-state index is 0. The van der Waals surface area contributed by atoms with Crippen molar-refractivity contribution in [3.05, 3.63) is 28.3 Å². The number of hydrogen-bond acceptors (Lipinski definition) is 3. The summed E-state index contributed by atoms with van der Waals surface area (Å²) in [6.45, 7) is 24.3. The molecule has 4 radical (unpaired) electrons. The van der Waals surface area contributed by atoms with E-state index in [2.05, 4.69) is 58.4 Å². The molecule has 29 heavy (non-hydrogen) atoms. The van der Waals surface area contributed by atoms with E-state index in [1.165, 1.54) is 71.2 Å². The molecule has 0 N–H and O–H groups in total. The van der Waals surface area contributed by atoms with Gasteiger partial charge >= 0.3 is 0 Å². The van der Waals surface area contributed by atoms with E-state index in [1.54, 1.807) is 4.90 Å². The second kappa shape index (κ2) is 30.3. The Labute approximate surface area is 286 Å². The van der Waals surface area contributed by atoms with Gasteiger partial charge in [0.25, 0.3) is 0 Å². The zero-order chi connectivity index (χ0) is 18.4. The van der Waals surface area contributed by atoms with Gasteiger partial charge in [0.05, 0.1) is 0 Å². The van der Waals surface area contributed by atoms with Gasteiger partial charge in [0.1, 0.15) is 0 Å². The summed E-state index contributed by atoms with van der Waals surface area (Å²) in [7, 11) is 3.58. The minimum Gasteiger partial charge on any atom is -0.510 e. The van der Waals surface area contributed by atoms with Gasteiger partial charge in [0, 0.05) is 136 Å². The first kappa shape index (κ1) is 46.6. The SMILES string of the molecule is CC(C)(C)N1CCCCC1.CCN1CCCCC1.[CH2-]CN([CH2-])C[CH2-].[CH3-].[Y].[Y].[Y].[Y]. The maximum absolute atomic E-state index is 3.58. The normalized spacial score (nSPS) is 16.6. The smallest absolute Gasteiger partial charge is 0.0125 e. The Balaban J connectivity index is -0.0000000647. The Bertz CT molecular complexity index is 274. The van der Waals surface area contributed by atoms with Gasteiger partial charge < -0.3 is 31.1 Å². The van der Waals surface area contributed by atoms with Gasteiger partial charge in [-0.05, 0) is 79.2 Å². The monoisotopic (exact) mass is 709 g/mol. The molecule has 0 aliphatic carbocycles. The first-order chi connectivity index (χ1) is 11.3. The van der Waals surface area contributed by atoms with Crippen molar-refractivity contribution in [2.75, 3.05) is 45.8 Å². The average Bonchev–Trinajstić information content (AvgIpc) is 2.63. The fourth-order valence-electron chi connectivity index (χ4n) is 2.95. The van der Waals surface area contributed by atoms with Crippen molar-refractivity contribution in [3.63, 3.8) is 0 Å². The Hall–Kier alpha value is 4.30. The maximum atomic E-state index is 3.58. The first-order valence-corrected chi connectivity index (χ1v) is 9.96. The molecule has 0 bridgehead atoms. The molecule has 0 aromatic rings. The number of hydrogen-bond donors (Lipinski definition) is 0. The summed E-state index contributed by atoms with van der Waals surface area (Å²) < 4.78 is 0. The third kappa shape index (κ3) is 28.4. The van der Waals surface area contributed by atoms with Crippen LogP contribution in [0.5, 0.6) is 0 Å². The van der Waals surface area contributed by atoms with E-state index in [0.29, 0.717) is 5.54 Å². The number of piperidine rings is 2. The topological polar surface area (TPSA) is 9.72 Å². The predicted molar refractivity (Wildman–Crippen MR) is 115 cm³/mol. The standard InChI is InChI=1S/C9H19N.C7H15N.C5H10N.CH3.4Y/c1-9(2,3)10-7-5-4-6-8-10;1-2-8-6-4-3-5-7-8;1-4-6(3)5-2;;;;;/h4-8H2,1-3H3;2-7H2,1H3;1-5H2;1H3;;;;/q;;-3;-1;;;;. The van der Waals surface area contributed by atoms with Crippen molar-refractivity contribution in [2.24, 2.45) is 0 Å². The van der Waals surface area contributed by atoms with Crippen LogP contribution in [0, 0.1) is 28.3 Å². The fraction of sp³-hybridized carbons (Fsp3) is 0.818. The second-order valence-electron chi connectivity index (χ2n) is 7.83. The molecular formula is C22H47N3Y4-4. The second-order valence-corrected chi connectivity index (χ2v) is 7.83. The Morgan fingerprint density at radius 1 is 0.724 bits per heavy atom. The van der Waals surface area contributed by atoms with Crippen LogP contribution in [0.2, 0.25) is 0 Å². The predicted octanol–water partition coefficient (Wildman–Crippen LogP) is 4.95. The zero-order valence-electron chi connectivity index (χ0n) is 20.5. The molecule has 2 aliphatic heterocycles. The molecule has 7 heteroatoms. The van der Waals surface area contributed by atoms with Crippen LogP contribution in [-0.4, -0.2) is 66.1 Å². The molecule has 0 aromatic carbocycles. The van der Waals surface area contributed by atoms with Gasteiger partial charge in [-0.25, -0.2) is 0 Å². The van der Waals surface area contributed by atoms with Crippen LogP contribution in [0.15, 0.2) is 0 Å². The van der Waals surface area contributed by atoms with Crippen LogP contribution in [0.25, 0.3) is 0 Å². The van der Waals surface area contributed by atoms with Crippen LogP contribution < -0.4 is 0 Å². The largest absolute Gasteiger partial charge is 0.510 e. The number of likely N-dealkylation sites (tertiary alicyclic amines) is 2. The van der Waals surface area contributed by atoms with E-state index in [0.717, 1.165) is 13.1 Å². The number of rotatable bonds is 3. The van der Waals surface area contributed by atoms with Gasteiger partial charge in [-0.2, -0.15) is 13.1 Å². The molecule has 0 spiro atoms. The molecule has 0 atom stereocenters. The van der Waals surface area contributed by atoms with Crippen molar-refractivity contribution in [2.45, 2.75) is 71.8 Å². The van der Waals surface area contributed by atoms with Gasteiger partial charge in [-0.15, -0.1) is 0 Å². The van der Waals surface area contributed by atoms with Gasteiger partial charge in [0.2, 0.25) is 0 Å². The molecule has 0 unspecified atom stereocenters. The van der Waals surface area contributed by atoms with Crippen LogP contribution in [0.4, 0.5) is 0 Å². The average molecular weight is 709 g/mol. The van der Waals surface area contributed by atoms with Crippen LogP contribution in [0.1, 0.15) is 66.2 Å². The van der Waals surface area contributed by atoms with Crippen LogP contribution in [0.3, 0.4) is 0 Å². The van der Waals surface area contributed by atoms with Gasteiger partial charge in [-0.1, -0.05) is 19.8 Å².